The third-order valence-corrected chi connectivity index (χ3v) is 5.88. The van der Waals surface area contributed by atoms with E-state index in [9.17, 15) is 17.2 Å². The number of benzene rings is 1. The highest BCUT2D eigenvalue weighted by atomic mass is 32.2. The van der Waals surface area contributed by atoms with Crippen molar-refractivity contribution in [1.82, 2.24) is 9.21 Å². The zero-order valence-corrected chi connectivity index (χ0v) is 13.6. The van der Waals surface area contributed by atoms with Gasteiger partial charge in [-0.15, -0.1) is 0 Å². The molecule has 0 saturated carbocycles. The summed E-state index contributed by atoms with van der Waals surface area (Å²) in [5.74, 6) is -2.07. The molecule has 0 bridgehead atoms. The maximum absolute atomic E-state index is 13.7. The molecule has 0 aliphatic carbocycles. The van der Waals surface area contributed by atoms with E-state index in [1.165, 1.54) is 4.31 Å². The second-order valence-electron chi connectivity index (χ2n) is 5.50. The van der Waals surface area contributed by atoms with E-state index in [1.807, 2.05) is 0 Å². The Morgan fingerprint density at radius 1 is 1.05 bits per heavy atom. The van der Waals surface area contributed by atoms with Gasteiger partial charge in [-0.25, -0.2) is 17.2 Å². The van der Waals surface area contributed by atoms with Gasteiger partial charge in [0.05, 0.1) is 0 Å². The summed E-state index contributed by atoms with van der Waals surface area (Å²) in [5.41, 5.74) is 0. The van der Waals surface area contributed by atoms with Crippen molar-refractivity contribution >= 4 is 10.0 Å². The second kappa shape index (κ2) is 7.48. The van der Waals surface area contributed by atoms with E-state index in [0.717, 1.165) is 44.0 Å². The van der Waals surface area contributed by atoms with Gasteiger partial charge in [-0.2, -0.15) is 4.31 Å². The van der Waals surface area contributed by atoms with E-state index in [4.69, 9.17) is 0 Å². The quantitative estimate of drug-likeness (QED) is 0.752. The Morgan fingerprint density at radius 3 is 2.18 bits per heavy atom. The first-order valence-electron chi connectivity index (χ1n) is 7.63. The van der Waals surface area contributed by atoms with Crippen molar-refractivity contribution in [3.63, 3.8) is 0 Å². The molecule has 0 amide bonds. The molecule has 1 aliphatic rings. The van der Waals surface area contributed by atoms with Crippen molar-refractivity contribution in [1.29, 1.82) is 0 Å². The Morgan fingerprint density at radius 2 is 1.64 bits per heavy atom. The monoisotopic (exact) mass is 332 g/mol. The molecule has 1 aliphatic heterocycles. The van der Waals surface area contributed by atoms with Crippen LogP contribution in [-0.2, 0) is 10.0 Å². The molecule has 2 rings (SSSR count). The van der Waals surface area contributed by atoms with Gasteiger partial charge in [0.1, 0.15) is 11.6 Å². The molecule has 0 N–H and O–H groups in total. The van der Waals surface area contributed by atoms with E-state index in [0.29, 0.717) is 13.1 Å². The highest BCUT2D eigenvalue weighted by Gasteiger charge is 2.32. The number of nitrogens with zero attached hydrogens (tertiary/aromatic N) is 2. The maximum Gasteiger partial charge on any atom is 0.249 e. The van der Waals surface area contributed by atoms with Crippen LogP contribution >= 0.6 is 0 Å². The van der Waals surface area contributed by atoms with Gasteiger partial charge < -0.3 is 4.90 Å². The minimum absolute atomic E-state index is 0.266. The van der Waals surface area contributed by atoms with Crippen LogP contribution in [0, 0.1) is 11.6 Å². The van der Waals surface area contributed by atoms with Crippen molar-refractivity contribution in [2.24, 2.45) is 0 Å². The molecule has 124 valence electrons. The molecule has 0 aromatic heterocycles. The molecule has 1 aromatic rings. The highest BCUT2D eigenvalue weighted by molar-refractivity contribution is 7.89. The van der Waals surface area contributed by atoms with Gasteiger partial charge in [0.15, 0.2) is 4.90 Å². The Balaban J connectivity index is 2.04. The molecule has 1 heterocycles. The summed E-state index contributed by atoms with van der Waals surface area (Å²) in [4.78, 5) is 1.36. The Hall–Kier alpha value is -1.05. The smallest absolute Gasteiger partial charge is 0.249 e. The number of hydrogen-bond acceptors (Lipinski definition) is 3. The average molecular weight is 332 g/mol. The molecule has 4 nitrogen and oxygen atoms in total. The van der Waals surface area contributed by atoms with Crippen molar-refractivity contribution in [2.75, 3.05) is 32.7 Å². The topological polar surface area (TPSA) is 40.6 Å². The number of rotatable bonds is 6. The third kappa shape index (κ3) is 3.83. The minimum Gasteiger partial charge on any atom is -0.301 e. The first kappa shape index (κ1) is 17.3. The molecule has 0 spiro atoms. The van der Waals surface area contributed by atoms with E-state index in [-0.39, 0.29) is 13.1 Å². The Labute approximate surface area is 130 Å². The fraction of sp³-hybridized carbons (Fsp3) is 0.600. The van der Waals surface area contributed by atoms with Crippen LogP contribution in [0.2, 0.25) is 0 Å². The summed E-state index contributed by atoms with van der Waals surface area (Å²) in [7, 11) is -4.12. The van der Waals surface area contributed by atoms with Crippen LogP contribution in [0.1, 0.15) is 26.2 Å². The number of piperazine rings is 1. The Bertz CT molecular complexity index is 579. The normalized spacial score (nSPS) is 17.8. The van der Waals surface area contributed by atoms with Crippen molar-refractivity contribution in [2.45, 2.75) is 31.1 Å². The van der Waals surface area contributed by atoms with Crippen LogP contribution in [0.5, 0.6) is 0 Å². The molecular weight excluding hydrogens is 310 g/mol. The van der Waals surface area contributed by atoms with Gasteiger partial charge in [0.2, 0.25) is 10.0 Å². The van der Waals surface area contributed by atoms with Gasteiger partial charge >= 0.3 is 0 Å². The number of halogens is 2. The number of unbranched alkanes of at least 4 members (excludes halogenated alkanes) is 2. The molecular formula is C15H22F2N2O2S. The molecule has 0 radical (unpaired) electrons. The lowest BCUT2D eigenvalue weighted by molar-refractivity contribution is 0.185. The zero-order valence-electron chi connectivity index (χ0n) is 12.8. The lowest BCUT2D eigenvalue weighted by Crippen LogP contribution is -2.49. The molecule has 7 heteroatoms. The van der Waals surface area contributed by atoms with Gasteiger partial charge in [-0.1, -0.05) is 25.8 Å². The molecule has 1 saturated heterocycles. The number of hydrogen-bond donors (Lipinski definition) is 0. The van der Waals surface area contributed by atoms with Crippen LogP contribution in [0.15, 0.2) is 23.1 Å². The van der Waals surface area contributed by atoms with Gasteiger partial charge in [-0.05, 0) is 25.1 Å². The molecule has 0 unspecified atom stereocenters. The highest BCUT2D eigenvalue weighted by Crippen LogP contribution is 2.23. The van der Waals surface area contributed by atoms with E-state index < -0.39 is 26.6 Å². The first-order chi connectivity index (χ1) is 10.5. The zero-order chi connectivity index (χ0) is 16.2. The summed E-state index contributed by atoms with van der Waals surface area (Å²) in [5, 5.41) is 0. The third-order valence-electron chi connectivity index (χ3n) is 3.93. The summed E-state index contributed by atoms with van der Waals surface area (Å²) >= 11 is 0. The standard InChI is InChI=1S/C15H22F2N2O2S/c1-2-3-4-8-18-9-11-19(12-10-18)22(20,21)15-13(16)6-5-7-14(15)17/h5-7H,2-4,8-12H2,1H3. The SMILES string of the molecule is CCCCCN1CCN(S(=O)(=O)c2c(F)cccc2F)CC1. The molecule has 1 aromatic carbocycles. The van der Waals surface area contributed by atoms with Crippen molar-refractivity contribution in [3.05, 3.63) is 29.8 Å². The van der Waals surface area contributed by atoms with Gasteiger partial charge in [0, 0.05) is 26.2 Å². The molecule has 22 heavy (non-hydrogen) atoms. The minimum atomic E-state index is -4.12. The van der Waals surface area contributed by atoms with Crippen LogP contribution in [0.3, 0.4) is 0 Å². The molecule has 0 atom stereocenters. The van der Waals surface area contributed by atoms with E-state index in [2.05, 4.69) is 11.8 Å². The second-order valence-corrected chi connectivity index (χ2v) is 7.38. The predicted octanol–water partition coefficient (Wildman–Crippen LogP) is 2.46. The van der Waals surface area contributed by atoms with Gasteiger partial charge in [-0.3, -0.25) is 0 Å². The summed E-state index contributed by atoms with van der Waals surface area (Å²) in [6.45, 7) is 4.80. The van der Waals surface area contributed by atoms with Crippen molar-refractivity contribution in [3.8, 4) is 0 Å². The van der Waals surface area contributed by atoms with Crippen molar-refractivity contribution < 1.29 is 17.2 Å². The van der Waals surface area contributed by atoms with Gasteiger partial charge in [0.25, 0.3) is 0 Å². The summed E-state index contributed by atoms with van der Waals surface area (Å²) in [6, 6.07) is 3.10. The molecule has 1 fully saturated rings. The van der Waals surface area contributed by atoms with Crippen LogP contribution in [0.25, 0.3) is 0 Å². The maximum atomic E-state index is 13.7. The Kier molecular flexibility index (Phi) is 5.88. The fourth-order valence-corrected chi connectivity index (χ4v) is 4.17. The lowest BCUT2D eigenvalue weighted by atomic mass is 10.2. The average Bonchev–Trinajstić information content (AvgIpc) is 2.47. The predicted molar refractivity (Wildman–Crippen MR) is 81.1 cm³/mol. The van der Waals surface area contributed by atoms with E-state index in [1.54, 1.807) is 0 Å². The largest absolute Gasteiger partial charge is 0.301 e. The first-order valence-corrected chi connectivity index (χ1v) is 9.07. The van der Waals surface area contributed by atoms with Crippen LogP contribution in [-0.4, -0.2) is 50.3 Å². The fourth-order valence-electron chi connectivity index (χ4n) is 2.64. The van der Waals surface area contributed by atoms with E-state index >= 15 is 0 Å². The van der Waals surface area contributed by atoms with Crippen LogP contribution in [0.4, 0.5) is 8.78 Å². The van der Waals surface area contributed by atoms with Crippen LogP contribution < -0.4 is 0 Å². The lowest BCUT2D eigenvalue weighted by Gasteiger charge is -2.34. The summed E-state index contributed by atoms with van der Waals surface area (Å²) < 4.78 is 53.5. The number of sulfonamides is 1. The summed E-state index contributed by atoms with van der Waals surface area (Å²) in [6.07, 6.45) is 3.38.